The highest BCUT2D eigenvalue weighted by molar-refractivity contribution is 6.29. The molecule has 0 saturated heterocycles. The molecule has 18 heavy (non-hydrogen) atoms. The third-order valence-electron chi connectivity index (χ3n) is 2.91. The van der Waals surface area contributed by atoms with Crippen LogP contribution in [0.2, 0.25) is 5.15 Å². The number of pyridine rings is 1. The first-order chi connectivity index (χ1) is 8.58. The summed E-state index contributed by atoms with van der Waals surface area (Å²) in [5, 5.41) is 3.14. The van der Waals surface area contributed by atoms with Crippen LogP contribution in [-0.4, -0.2) is 29.6 Å². The van der Waals surface area contributed by atoms with E-state index in [0.29, 0.717) is 12.2 Å². The van der Waals surface area contributed by atoms with E-state index in [-0.39, 0.29) is 29.0 Å². The Morgan fingerprint density at radius 1 is 1.61 bits per heavy atom. The van der Waals surface area contributed by atoms with Crippen LogP contribution in [0.1, 0.15) is 30.1 Å². The zero-order valence-electron chi connectivity index (χ0n) is 10.1. The van der Waals surface area contributed by atoms with Crippen molar-refractivity contribution < 1.29 is 9.53 Å². The van der Waals surface area contributed by atoms with Crippen LogP contribution >= 0.6 is 11.6 Å². The van der Waals surface area contributed by atoms with E-state index in [1.165, 1.54) is 12.1 Å². The molecule has 2 rings (SSSR count). The number of anilines is 1. The lowest BCUT2D eigenvalue weighted by molar-refractivity contribution is -0.00862. The number of aromatic nitrogens is 1. The molecule has 1 aliphatic carbocycles. The van der Waals surface area contributed by atoms with Crippen molar-refractivity contribution in [3.8, 4) is 0 Å². The van der Waals surface area contributed by atoms with Crippen LogP contribution < -0.4 is 11.1 Å². The van der Waals surface area contributed by atoms with E-state index in [9.17, 15) is 4.79 Å². The van der Waals surface area contributed by atoms with Crippen LogP contribution in [0.5, 0.6) is 0 Å². The van der Waals surface area contributed by atoms with Gasteiger partial charge in [-0.05, 0) is 31.9 Å². The number of ether oxygens (including phenoxy) is 1. The molecule has 5 nitrogen and oxygen atoms in total. The van der Waals surface area contributed by atoms with Crippen LogP contribution in [0.4, 0.5) is 5.82 Å². The van der Waals surface area contributed by atoms with Crippen LogP contribution in [0.25, 0.3) is 0 Å². The number of nitrogens with zero attached hydrogens (tertiary/aromatic N) is 1. The molecule has 6 heteroatoms. The van der Waals surface area contributed by atoms with Crippen LogP contribution in [0.3, 0.4) is 0 Å². The summed E-state index contributed by atoms with van der Waals surface area (Å²) in [4.78, 5) is 15.7. The Bertz CT molecular complexity index is 427. The van der Waals surface area contributed by atoms with Gasteiger partial charge in [0.15, 0.2) is 0 Å². The van der Waals surface area contributed by atoms with Crippen molar-refractivity contribution >= 4 is 23.3 Å². The summed E-state index contributed by atoms with van der Waals surface area (Å²) in [6.45, 7) is 2.68. The van der Waals surface area contributed by atoms with Gasteiger partial charge in [0.05, 0.1) is 6.10 Å². The highest BCUT2D eigenvalue weighted by atomic mass is 35.5. The molecule has 0 aliphatic heterocycles. The van der Waals surface area contributed by atoms with Crippen molar-refractivity contribution in [3.63, 3.8) is 0 Å². The Morgan fingerprint density at radius 3 is 2.94 bits per heavy atom. The van der Waals surface area contributed by atoms with Crippen LogP contribution in [-0.2, 0) is 4.74 Å². The monoisotopic (exact) mass is 269 g/mol. The fraction of sp³-hybridized carbons (Fsp3) is 0.500. The van der Waals surface area contributed by atoms with Gasteiger partial charge in [-0.15, -0.1) is 0 Å². The van der Waals surface area contributed by atoms with Crippen LogP contribution in [0.15, 0.2) is 12.1 Å². The zero-order chi connectivity index (χ0) is 13.1. The number of carbonyl (C=O) groups is 1. The van der Waals surface area contributed by atoms with E-state index < -0.39 is 0 Å². The number of hydrogen-bond acceptors (Lipinski definition) is 4. The predicted octanol–water partition coefficient (Wildman–Crippen LogP) is 1.61. The van der Waals surface area contributed by atoms with Crippen molar-refractivity contribution in [2.24, 2.45) is 0 Å². The molecule has 1 aromatic rings. The van der Waals surface area contributed by atoms with Gasteiger partial charge < -0.3 is 15.8 Å². The molecule has 3 N–H and O–H groups in total. The minimum atomic E-state index is -0.175. The number of carbonyl (C=O) groups excluding carboxylic acids is 1. The van der Waals surface area contributed by atoms with E-state index in [0.717, 1.165) is 12.8 Å². The summed E-state index contributed by atoms with van der Waals surface area (Å²) in [5.74, 6) is 0.0689. The molecule has 0 bridgehead atoms. The third-order valence-corrected chi connectivity index (χ3v) is 3.10. The van der Waals surface area contributed by atoms with Crippen molar-refractivity contribution in [2.45, 2.75) is 31.9 Å². The van der Waals surface area contributed by atoms with E-state index in [1.807, 2.05) is 6.92 Å². The molecule has 0 atom stereocenters. The maximum Gasteiger partial charge on any atom is 0.251 e. The molecular weight excluding hydrogens is 254 g/mol. The van der Waals surface area contributed by atoms with Crippen molar-refractivity contribution in [3.05, 3.63) is 22.8 Å². The lowest BCUT2D eigenvalue weighted by Crippen LogP contribution is -2.47. The molecular formula is C12H16ClN3O2. The van der Waals surface area contributed by atoms with Gasteiger partial charge in [-0.3, -0.25) is 4.79 Å². The quantitative estimate of drug-likeness (QED) is 0.814. The summed E-state index contributed by atoms with van der Waals surface area (Å²) in [5.41, 5.74) is 5.98. The highest BCUT2D eigenvalue weighted by Crippen LogP contribution is 2.23. The second kappa shape index (κ2) is 5.54. The number of hydrogen-bond donors (Lipinski definition) is 2. The highest BCUT2D eigenvalue weighted by Gasteiger charge is 2.30. The normalized spacial score (nSPS) is 22.3. The van der Waals surface area contributed by atoms with Gasteiger partial charge in [-0.2, -0.15) is 0 Å². The van der Waals surface area contributed by atoms with Crippen LogP contribution in [0, 0.1) is 0 Å². The number of halogens is 1. The average Bonchev–Trinajstić information content (AvgIpc) is 2.24. The Kier molecular flexibility index (Phi) is 4.04. The molecule has 1 fully saturated rings. The zero-order valence-corrected chi connectivity index (χ0v) is 10.9. The molecule has 0 radical (unpaired) electrons. The number of nitrogens with one attached hydrogen (secondary N) is 1. The Hall–Kier alpha value is -1.33. The second-order valence-electron chi connectivity index (χ2n) is 4.32. The second-order valence-corrected chi connectivity index (χ2v) is 4.71. The molecule has 0 unspecified atom stereocenters. The van der Waals surface area contributed by atoms with E-state index in [2.05, 4.69) is 10.3 Å². The minimum absolute atomic E-state index is 0.169. The summed E-state index contributed by atoms with van der Waals surface area (Å²) >= 11 is 5.75. The summed E-state index contributed by atoms with van der Waals surface area (Å²) < 4.78 is 5.43. The molecule has 1 aromatic heterocycles. The summed E-state index contributed by atoms with van der Waals surface area (Å²) in [6, 6.07) is 3.19. The van der Waals surface area contributed by atoms with E-state index in [1.54, 1.807) is 0 Å². The minimum Gasteiger partial charge on any atom is -0.384 e. The first-order valence-electron chi connectivity index (χ1n) is 5.94. The molecule has 0 aromatic carbocycles. The average molecular weight is 270 g/mol. The van der Waals surface area contributed by atoms with Gasteiger partial charge in [0, 0.05) is 18.2 Å². The van der Waals surface area contributed by atoms with E-state index in [4.69, 9.17) is 22.1 Å². The number of nitrogens with two attached hydrogens (primary N) is 1. The van der Waals surface area contributed by atoms with Crippen molar-refractivity contribution in [1.29, 1.82) is 0 Å². The standard InChI is InChI=1S/C12H16ClN3O2/c1-2-18-9-5-8(6-9)15-12(17)7-3-10(13)16-11(14)4-7/h3-4,8-9H,2,5-6H2,1H3,(H2,14,16)(H,15,17). The lowest BCUT2D eigenvalue weighted by Gasteiger charge is -2.35. The summed E-state index contributed by atoms with van der Waals surface area (Å²) in [7, 11) is 0. The molecule has 0 spiro atoms. The lowest BCUT2D eigenvalue weighted by atomic mass is 9.89. The molecule has 1 amide bonds. The fourth-order valence-electron chi connectivity index (χ4n) is 1.97. The van der Waals surface area contributed by atoms with Gasteiger partial charge in [0.1, 0.15) is 11.0 Å². The Morgan fingerprint density at radius 2 is 2.33 bits per heavy atom. The van der Waals surface area contributed by atoms with Gasteiger partial charge in [0.2, 0.25) is 0 Å². The first kappa shape index (κ1) is 13.1. The molecule has 98 valence electrons. The molecule has 1 aliphatic rings. The van der Waals surface area contributed by atoms with Gasteiger partial charge in [0.25, 0.3) is 5.91 Å². The fourth-order valence-corrected chi connectivity index (χ4v) is 2.19. The maximum absolute atomic E-state index is 11.9. The topological polar surface area (TPSA) is 77.2 Å². The predicted molar refractivity (Wildman–Crippen MR) is 69.6 cm³/mol. The Labute approximate surface area is 111 Å². The first-order valence-corrected chi connectivity index (χ1v) is 6.31. The number of nitrogen functional groups attached to an aromatic ring is 1. The van der Waals surface area contributed by atoms with Crippen molar-refractivity contribution in [2.75, 3.05) is 12.3 Å². The maximum atomic E-state index is 11.9. The largest absolute Gasteiger partial charge is 0.384 e. The Balaban J connectivity index is 1.89. The van der Waals surface area contributed by atoms with Crippen molar-refractivity contribution in [1.82, 2.24) is 10.3 Å². The van der Waals surface area contributed by atoms with E-state index >= 15 is 0 Å². The van der Waals surface area contributed by atoms with Gasteiger partial charge in [-0.25, -0.2) is 4.98 Å². The van der Waals surface area contributed by atoms with Gasteiger partial charge in [-0.1, -0.05) is 11.6 Å². The third kappa shape index (κ3) is 3.11. The summed E-state index contributed by atoms with van der Waals surface area (Å²) in [6.07, 6.45) is 1.98. The SMILES string of the molecule is CCOC1CC(NC(=O)c2cc(N)nc(Cl)c2)C1. The molecule has 1 heterocycles. The number of rotatable bonds is 4. The smallest absolute Gasteiger partial charge is 0.251 e. The molecule has 1 saturated carbocycles. The van der Waals surface area contributed by atoms with Gasteiger partial charge >= 0.3 is 0 Å². The number of amides is 1.